The van der Waals surface area contributed by atoms with E-state index in [0.29, 0.717) is 6.54 Å². The Hall–Kier alpha value is -3.62. The highest BCUT2D eigenvalue weighted by atomic mass is 32.2. The van der Waals surface area contributed by atoms with Crippen LogP contribution in [0.4, 0.5) is 10.1 Å². The number of carbonyl (C=O) groups is 1. The highest BCUT2D eigenvalue weighted by Gasteiger charge is 2.46. The minimum atomic E-state index is -1.34. The van der Waals surface area contributed by atoms with Crippen molar-refractivity contribution in [1.29, 1.82) is 0 Å². The second-order valence-corrected chi connectivity index (χ2v) is 11.7. The predicted octanol–water partition coefficient (Wildman–Crippen LogP) is 5.59. The lowest BCUT2D eigenvalue weighted by molar-refractivity contribution is -0.120. The standard InChI is InChI=1S/C31H31FN4O2S/c1-35-17-16-33-30(35)20-36(31(37)28-19-26(28)22-10-13-23(32)14-11-22)24-15-12-21-6-5-9-29(27(21)18-24)34-39(38)25-7-3-2-4-8-25/h2-4,7-8,10-18,26,28-29,34H,5-6,9,19-20H2,1H3/t26-,28?,29-,39?/m1/s1. The van der Waals surface area contributed by atoms with Crippen molar-refractivity contribution in [2.45, 2.75) is 49.1 Å². The minimum Gasteiger partial charge on any atom is -0.337 e. The molecule has 39 heavy (non-hydrogen) atoms. The lowest BCUT2D eigenvalue weighted by Gasteiger charge is -2.29. The summed E-state index contributed by atoms with van der Waals surface area (Å²) < 4.78 is 31.8. The molecule has 2 aliphatic carbocycles. The molecular formula is C31H31FN4O2S. The molecule has 200 valence electrons. The molecule has 2 unspecified atom stereocenters. The highest BCUT2D eigenvalue weighted by molar-refractivity contribution is 7.83. The number of aromatic nitrogens is 2. The summed E-state index contributed by atoms with van der Waals surface area (Å²) >= 11 is 0. The maximum absolute atomic E-state index is 14.0. The van der Waals surface area contributed by atoms with Crippen LogP contribution in [-0.4, -0.2) is 19.7 Å². The summed E-state index contributed by atoms with van der Waals surface area (Å²) in [5.74, 6) is 0.484. The molecule has 8 heteroatoms. The van der Waals surface area contributed by atoms with Gasteiger partial charge in [0.1, 0.15) is 22.6 Å². The van der Waals surface area contributed by atoms with E-state index in [0.717, 1.165) is 53.2 Å². The Balaban J connectivity index is 1.29. The van der Waals surface area contributed by atoms with Crippen molar-refractivity contribution in [2.24, 2.45) is 13.0 Å². The number of fused-ring (bicyclic) bond motifs is 1. The molecule has 1 fully saturated rings. The Labute approximate surface area is 230 Å². The zero-order valence-electron chi connectivity index (χ0n) is 21.8. The molecule has 4 aromatic rings. The number of hydrogen-bond donors (Lipinski definition) is 1. The third-order valence-corrected chi connectivity index (χ3v) is 9.05. The average molecular weight is 543 g/mol. The lowest BCUT2D eigenvalue weighted by atomic mass is 9.87. The van der Waals surface area contributed by atoms with Crippen LogP contribution in [0.1, 0.15) is 53.7 Å². The van der Waals surface area contributed by atoms with E-state index in [-0.39, 0.29) is 29.6 Å². The minimum absolute atomic E-state index is 0.0421. The molecular weight excluding hydrogens is 511 g/mol. The van der Waals surface area contributed by atoms with Crippen LogP contribution in [0.15, 0.2) is 90.1 Å². The monoisotopic (exact) mass is 542 g/mol. The van der Waals surface area contributed by atoms with E-state index in [4.69, 9.17) is 0 Å². The number of nitrogens with zero attached hydrogens (tertiary/aromatic N) is 3. The third kappa shape index (κ3) is 5.44. The molecule has 1 heterocycles. The quantitative estimate of drug-likeness (QED) is 0.316. The SMILES string of the molecule is Cn1ccnc1CN(C(=O)C1C[C@@H]1c1ccc(F)cc1)c1ccc2c(c1)[C@H](NS(=O)c1ccccc1)CCC2. The van der Waals surface area contributed by atoms with Gasteiger partial charge in [-0.15, -0.1) is 0 Å². The zero-order chi connectivity index (χ0) is 26.9. The summed E-state index contributed by atoms with van der Waals surface area (Å²) in [6.45, 7) is 0.349. The number of amides is 1. The molecule has 4 atom stereocenters. The molecule has 0 aliphatic heterocycles. The maximum Gasteiger partial charge on any atom is 0.231 e. The van der Waals surface area contributed by atoms with Crippen molar-refractivity contribution in [2.75, 3.05) is 4.90 Å². The summed E-state index contributed by atoms with van der Waals surface area (Å²) in [6, 6.07) is 22.0. The van der Waals surface area contributed by atoms with Gasteiger partial charge in [0, 0.05) is 37.1 Å². The fourth-order valence-electron chi connectivity index (χ4n) is 5.55. The molecule has 1 saturated carbocycles. The van der Waals surface area contributed by atoms with Crippen molar-refractivity contribution in [3.63, 3.8) is 0 Å². The van der Waals surface area contributed by atoms with Gasteiger partial charge in [0.15, 0.2) is 0 Å². The van der Waals surface area contributed by atoms with Gasteiger partial charge < -0.3 is 9.47 Å². The Morgan fingerprint density at radius 3 is 2.67 bits per heavy atom. The highest BCUT2D eigenvalue weighted by Crippen LogP contribution is 2.49. The van der Waals surface area contributed by atoms with Crippen LogP contribution in [0.25, 0.3) is 0 Å². The van der Waals surface area contributed by atoms with Gasteiger partial charge in [-0.25, -0.2) is 18.3 Å². The first-order valence-electron chi connectivity index (χ1n) is 13.4. The third-order valence-electron chi connectivity index (χ3n) is 7.85. The van der Waals surface area contributed by atoms with Crippen LogP contribution in [-0.2, 0) is 35.8 Å². The number of halogens is 1. The van der Waals surface area contributed by atoms with Crippen LogP contribution in [0.5, 0.6) is 0 Å². The molecule has 1 aromatic heterocycles. The number of rotatable bonds is 8. The van der Waals surface area contributed by atoms with Gasteiger partial charge >= 0.3 is 0 Å². The molecule has 0 radical (unpaired) electrons. The van der Waals surface area contributed by atoms with E-state index >= 15 is 0 Å². The first-order valence-corrected chi connectivity index (χ1v) is 14.5. The van der Waals surface area contributed by atoms with Crippen molar-refractivity contribution in [3.05, 3.63) is 114 Å². The molecule has 6 rings (SSSR count). The van der Waals surface area contributed by atoms with E-state index in [9.17, 15) is 13.4 Å². The van der Waals surface area contributed by atoms with E-state index in [2.05, 4.69) is 21.8 Å². The Morgan fingerprint density at radius 2 is 1.92 bits per heavy atom. The summed E-state index contributed by atoms with van der Waals surface area (Å²) in [6.07, 6.45) is 7.19. The van der Waals surface area contributed by atoms with Gasteiger partial charge in [-0.1, -0.05) is 36.4 Å². The molecule has 0 spiro atoms. The van der Waals surface area contributed by atoms with E-state index < -0.39 is 11.0 Å². The molecule has 3 aromatic carbocycles. The Morgan fingerprint density at radius 1 is 1.13 bits per heavy atom. The summed E-state index contributed by atoms with van der Waals surface area (Å²) in [7, 11) is 0.587. The van der Waals surface area contributed by atoms with Crippen molar-refractivity contribution in [3.8, 4) is 0 Å². The summed E-state index contributed by atoms with van der Waals surface area (Å²) in [4.78, 5) is 21.0. The van der Waals surface area contributed by atoms with E-state index in [1.54, 1.807) is 18.3 Å². The topological polar surface area (TPSA) is 67.2 Å². The fraction of sp³-hybridized carbons (Fsp3) is 0.290. The van der Waals surface area contributed by atoms with Gasteiger partial charge in [0.05, 0.1) is 11.4 Å². The summed E-state index contributed by atoms with van der Waals surface area (Å²) in [5, 5.41) is 0. The van der Waals surface area contributed by atoms with Crippen LogP contribution in [0, 0.1) is 11.7 Å². The van der Waals surface area contributed by atoms with Gasteiger partial charge in [0.2, 0.25) is 5.91 Å². The number of anilines is 1. The van der Waals surface area contributed by atoms with Crippen LogP contribution < -0.4 is 9.62 Å². The molecule has 2 aliphatic rings. The second kappa shape index (κ2) is 10.9. The first-order chi connectivity index (χ1) is 19.0. The normalized spacial score (nSPS) is 20.7. The lowest BCUT2D eigenvalue weighted by Crippen LogP contribution is -2.34. The number of benzene rings is 3. The van der Waals surface area contributed by atoms with E-state index in [1.807, 2.05) is 59.1 Å². The number of aryl methyl sites for hydroxylation is 2. The number of nitrogens with one attached hydrogen (secondary N) is 1. The van der Waals surface area contributed by atoms with Crippen molar-refractivity contribution >= 4 is 22.6 Å². The van der Waals surface area contributed by atoms with Gasteiger partial charge in [-0.2, -0.15) is 0 Å². The fourth-order valence-corrected chi connectivity index (χ4v) is 6.59. The second-order valence-electron chi connectivity index (χ2n) is 10.4. The number of carbonyl (C=O) groups excluding carboxylic acids is 1. The van der Waals surface area contributed by atoms with E-state index in [1.165, 1.54) is 17.7 Å². The smallest absolute Gasteiger partial charge is 0.231 e. The van der Waals surface area contributed by atoms with Crippen LogP contribution in [0.3, 0.4) is 0 Å². The molecule has 0 saturated heterocycles. The average Bonchev–Trinajstić information content (AvgIpc) is 3.66. The number of hydrogen-bond acceptors (Lipinski definition) is 3. The Bertz CT molecular complexity index is 1500. The predicted molar refractivity (Wildman–Crippen MR) is 150 cm³/mol. The maximum atomic E-state index is 14.0. The van der Waals surface area contributed by atoms with Gasteiger partial charge in [-0.3, -0.25) is 4.79 Å². The molecule has 0 bridgehead atoms. The van der Waals surface area contributed by atoms with Crippen molar-refractivity contribution < 1.29 is 13.4 Å². The largest absolute Gasteiger partial charge is 0.337 e. The molecule has 1 amide bonds. The van der Waals surface area contributed by atoms with Gasteiger partial charge in [0.25, 0.3) is 0 Å². The number of imidazole rings is 1. The molecule has 1 N–H and O–H groups in total. The first kappa shape index (κ1) is 25.6. The summed E-state index contributed by atoms with van der Waals surface area (Å²) in [5.41, 5.74) is 4.11. The van der Waals surface area contributed by atoms with Crippen LogP contribution in [0.2, 0.25) is 0 Å². The van der Waals surface area contributed by atoms with Crippen molar-refractivity contribution in [1.82, 2.24) is 14.3 Å². The molecule has 6 nitrogen and oxygen atoms in total. The van der Waals surface area contributed by atoms with Crippen LogP contribution >= 0.6 is 0 Å². The Kier molecular flexibility index (Phi) is 7.14. The zero-order valence-corrected chi connectivity index (χ0v) is 22.6. The van der Waals surface area contributed by atoms with Gasteiger partial charge in [-0.05, 0) is 84.7 Å².